The lowest BCUT2D eigenvalue weighted by molar-refractivity contribution is 0.340. The van der Waals surface area contributed by atoms with Crippen molar-refractivity contribution in [2.75, 3.05) is 11.9 Å². The van der Waals surface area contributed by atoms with Crippen LogP contribution in [0, 0.1) is 0 Å². The van der Waals surface area contributed by atoms with E-state index in [1.54, 1.807) is 6.26 Å². The molecule has 0 saturated carbocycles. The van der Waals surface area contributed by atoms with Crippen LogP contribution in [0.15, 0.2) is 52.2 Å². The number of benzene rings is 1. The molecule has 0 amide bonds. The van der Waals surface area contributed by atoms with Crippen molar-refractivity contribution in [2.24, 2.45) is 5.10 Å². The Bertz CT molecular complexity index is 606. The molecule has 0 aliphatic heterocycles. The largest absolute Gasteiger partial charge is 0.494 e. The van der Waals surface area contributed by atoms with Gasteiger partial charge in [0.2, 0.25) is 0 Å². The second-order valence-corrected chi connectivity index (χ2v) is 4.61. The monoisotopic (exact) mass is 303 g/mol. The molecule has 6 heteroatoms. The Kier molecular flexibility index (Phi) is 5.34. The van der Waals surface area contributed by atoms with E-state index in [1.807, 2.05) is 50.2 Å². The van der Waals surface area contributed by atoms with Gasteiger partial charge in [0.1, 0.15) is 17.2 Å². The van der Waals surface area contributed by atoms with Gasteiger partial charge in [0.05, 0.1) is 12.9 Å². The van der Waals surface area contributed by atoms with Crippen LogP contribution in [0.3, 0.4) is 0 Å². The highest BCUT2D eigenvalue weighted by molar-refractivity contribution is 7.80. The topological polar surface area (TPSA) is 58.8 Å². The maximum atomic E-state index is 5.38. The van der Waals surface area contributed by atoms with E-state index in [1.165, 1.54) is 0 Å². The fraction of sp³-hybridized carbons (Fsp3) is 0.200. The molecule has 0 aliphatic carbocycles. The Morgan fingerprint density at radius 2 is 2.05 bits per heavy atom. The van der Waals surface area contributed by atoms with Crippen LogP contribution in [0.2, 0.25) is 0 Å². The average molecular weight is 303 g/mol. The Hall–Kier alpha value is -2.34. The maximum Gasteiger partial charge on any atom is 0.191 e. The lowest BCUT2D eigenvalue weighted by Crippen LogP contribution is -2.24. The number of ether oxygens (including phenoxy) is 1. The van der Waals surface area contributed by atoms with Crippen LogP contribution in [0.25, 0.3) is 0 Å². The minimum Gasteiger partial charge on any atom is -0.494 e. The summed E-state index contributed by atoms with van der Waals surface area (Å²) in [6.07, 6.45) is 1.60. The van der Waals surface area contributed by atoms with Crippen molar-refractivity contribution in [3.05, 3.63) is 48.4 Å². The Morgan fingerprint density at radius 3 is 2.67 bits per heavy atom. The number of furan rings is 1. The lowest BCUT2D eigenvalue weighted by Gasteiger charge is -2.08. The summed E-state index contributed by atoms with van der Waals surface area (Å²) in [6, 6.07) is 11.2. The van der Waals surface area contributed by atoms with Gasteiger partial charge in [-0.3, -0.25) is 5.43 Å². The van der Waals surface area contributed by atoms with Crippen LogP contribution in [0.4, 0.5) is 5.69 Å². The fourth-order valence-corrected chi connectivity index (χ4v) is 1.80. The summed E-state index contributed by atoms with van der Waals surface area (Å²) in [5.41, 5.74) is 4.36. The molecule has 2 rings (SSSR count). The minimum absolute atomic E-state index is 0.407. The molecule has 1 aromatic carbocycles. The maximum absolute atomic E-state index is 5.38. The number of nitrogens with zero attached hydrogens (tertiary/aromatic N) is 1. The van der Waals surface area contributed by atoms with E-state index in [4.69, 9.17) is 21.4 Å². The van der Waals surface area contributed by atoms with Crippen LogP contribution in [-0.2, 0) is 0 Å². The average Bonchev–Trinajstić information content (AvgIpc) is 3.01. The number of hydrazone groups is 1. The number of thiocarbonyl (C=S) groups is 1. The van der Waals surface area contributed by atoms with Gasteiger partial charge in [-0.05, 0) is 62.5 Å². The van der Waals surface area contributed by atoms with Crippen molar-refractivity contribution in [1.29, 1.82) is 0 Å². The van der Waals surface area contributed by atoms with Gasteiger partial charge in [0, 0.05) is 5.69 Å². The standard InChI is InChI=1S/C15H17N3O2S/c1-3-19-13-8-6-12(7-9-13)16-15(21)18-17-11(2)14-5-4-10-20-14/h4-10H,3H2,1-2H3,(H2,16,18,21)/b17-11-. The molecular weight excluding hydrogens is 286 g/mol. The first kappa shape index (κ1) is 15.1. The van der Waals surface area contributed by atoms with Gasteiger partial charge < -0.3 is 14.5 Å². The highest BCUT2D eigenvalue weighted by Gasteiger charge is 2.01. The zero-order chi connectivity index (χ0) is 15.1. The molecule has 1 heterocycles. The number of rotatable bonds is 5. The number of anilines is 1. The Balaban J connectivity index is 1.88. The smallest absolute Gasteiger partial charge is 0.191 e. The SMILES string of the molecule is CCOc1ccc(NC(=S)N/N=C(/C)c2ccco2)cc1. The molecule has 1 aromatic heterocycles. The zero-order valence-electron chi connectivity index (χ0n) is 11.9. The van der Waals surface area contributed by atoms with Crippen LogP contribution in [0.1, 0.15) is 19.6 Å². The summed E-state index contributed by atoms with van der Waals surface area (Å²) >= 11 is 5.18. The van der Waals surface area contributed by atoms with Gasteiger partial charge in [0.25, 0.3) is 0 Å². The van der Waals surface area contributed by atoms with Gasteiger partial charge in [-0.1, -0.05) is 0 Å². The van der Waals surface area contributed by atoms with E-state index in [9.17, 15) is 0 Å². The predicted molar refractivity (Wildman–Crippen MR) is 87.9 cm³/mol. The Morgan fingerprint density at radius 1 is 1.29 bits per heavy atom. The molecule has 0 radical (unpaired) electrons. The third kappa shape index (κ3) is 4.61. The molecule has 0 aliphatic rings. The lowest BCUT2D eigenvalue weighted by atomic mass is 10.3. The summed E-state index contributed by atoms with van der Waals surface area (Å²) in [6.45, 7) is 4.43. The van der Waals surface area contributed by atoms with Crippen molar-refractivity contribution >= 4 is 28.7 Å². The molecule has 5 nitrogen and oxygen atoms in total. The number of nitrogens with one attached hydrogen (secondary N) is 2. The predicted octanol–water partition coefficient (Wildman–Crippen LogP) is 3.39. The van der Waals surface area contributed by atoms with E-state index in [-0.39, 0.29) is 0 Å². The van der Waals surface area contributed by atoms with Crippen molar-refractivity contribution in [2.45, 2.75) is 13.8 Å². The molecule has 0 bridgehead atoms. The first-order valence-electron chi connectivity index (χ1n) is 6.57. The third-order valence-electron chi connectivity index (χ3n) is 2.63. The summed E-state index contributed by atoms with van der Waals surface area (Å²) in [5, 5.41) is 7.60. The summed E-state index contributed by atoms with van der Waals surface area (Å²) in [4.78, 5) is 0. The van der Waals surface area contributed by atoms with Crippen molar-refractivity contribution in [1.82, 2.24) is 5.43 Å². The number of hydrogen-bond acceptors (Lipinski definition) is 4. The first-order chi connectivity index (χ1) is 10.2. The first-order valence-corrected chi connectivity index (χ1v) is 6.98. The summed E-state index contributed by atoms with van der Waals surface area (Å²) in [5.74, 6) is 1.53. The van der Waals surface area contributed by atoms with Crippen molar-refractivity contribution < 1.29 is 9.15 Å². The molecule has 0 fully saturated rings. The van der Waals surface area contributed by atoms with Crippen LogP contribution < -0.4 is 15.5 Å². The van der Waals surface area contributed by atoms with E-state index in [0.717, 1.165) is 17.1 Å². The molecule has 0 atom stereocenters. The normalized spacial score (nSPS) is 11.0. The van der Waals surface area contributed by atoms with Crippen LogP contribution >= 0.6 is 12.2 Å². The second kappa shape index (κ2) is 7.44. The quantitative estimate of drug-likeness (QED) is 0.504. The van der Waals surface area contributed by atoms with E-state index in [0.29, 0.717) is 17.5 Å². The molecule has 21 heavy (non-hydrogen) atoms. The summed E-state index contributed by atoms with van der Waals surface area (Å²) in [7, 11) is 0. The molecule has 0 saturated heterocycles. The number of hydrogen-bond donors (Lipinski definition) is 2. The third-order valence-corrected chi connectivity index (χ3v) is 2.82. The van der Waals surface area contributed by atoms with Crippen LogP contribution in [0.5, 0.6) is 5.75 Å². The van der Waals surface area contributed by atoms with Crippen LogP contribution in [-0.4, -0.2) is 17.4 Å². The van der Waals surface area contributed by atoms with E-state index < -0.39 is 0 Å². The van der Waals surface area contributed by atoms with Crippen molar-refractivity contribution in [3.63, 3.8) is 0 Å². The molecular formula is C15H17N3O2S. The van der Waals surface area contributed by atoms with Gasteiger partial charge >= 0.3 is 0 Å². The highest BCUT2D eigenvalue weighted by Crippen LogP contribution is 2.15. The molecule has 0 unspecified atom stereocenters. The zero-order valence-corrected chi connectivity index (χ0v) is 12.7. The molecule has 2 aromatic rings. The summed E-state index contributed by atoms with van der Waals surface area (Å²) < 4.78 is 10.6. The second-order valence-electron chi connectivity index (χ2n) is 4.20. The molecule has 2 N–H and O–H groups in total. The highest BCUT2D eigenvalue weighted by atomic mass is 32.1. The molecule has 110 valence electrons. The van der Waals surface area contributed by atoms with Gasteiger partial charge in [-0.2, -0.15) is 5.10 Å². The van der Waals surface area contributed by atoms with Crippen molar-refractivity contribution in [3.8, 4) is 5.75 Å². The van der Waals surface area contributed by atoms with Gasteiger partial charge in [-0.15, -0.1) is 0 Å². The van der Waals surface area contributed by atoms with Gasteiger partial charge in [0.15, 0.2) is 5.11 Å². The Labute approximate surface area is 129 Å². The molecule has 0 spiro atoms. The van der Waals surface area contributed by atoms with Gasteiger partial charge in [-0.25, -0.2) is 0 Å². The minimum atomic E-state index is 0.407. The fourth-order valence-electron chi connectivity index (χ4n) is 1.63. The van der Waals surface area contributed by atoms with E-state index >= 15 is 0 Å². The van der Waals surface area contributed by atoms with E-state index in [2.05, 4.69) is 15.8 Å².